The Hall–Kier alpha value is -0.920. The molecule has 1 aromatic rings. The second-order valence-corrected chi connectivity index (χ2v) is 8.41. The number of phosphoric ester groups is 1. The first-order valence-electron chi connectivity index (χ1n) is 6.50. The monoisotopic (exact) mass is 440 g/mol. The fourth-order valence-electron chi connectivity index (χ4n) is 2.04. The Balaban J connectivity index is 2.18. The molecule has 0 amide bonds. The molecule has 13 nitrogen and oxygen atoms in total. The van der Waals surface area contributed by atoms with Gasteiger partial charge in [0.1, 0.15) is 12.2 Å². The molecule has 1 fully saturated rings. The average Bonchev–Trinajstić information content (AvgIpc) is 2.66. The van der Waals surface area contributed by atoms with Crippen LogP contribution in [0.15, 0.2) is 21.9 Å². The molecule has 0 radical (unpaired) electrons. The molecule has 1 saturated heterocycles. The van der Waals surface area contributed by atoms with E-state index in [9.17, 15) is 28.2 Å². The van der Waals surface area contributed by atoms with Crippen LogP contribution in [0.5, 0.6) is 0 Å². The van der Waals surface area contributed by atoms with Crippen LogP contribution in [-0.2, 0) is 22.7 Å². The van der Waals surface area contributed by atoms with E-state index < -0.39 is 57.1 Å². The number of nitrogens with zero attached hydrogens (tertiary/aromatic N) is 1. The summed E-state index contributed by atoms with van der Waals surface area (Å²) in [6.45, 7) is -1.08. The van der Waals surface area contributed by atoms with Crippen LogP contribution in [0.25, 0.3) is 0 Å². The Morgan fingerprint density at radius 2 is 2.00 bits per heavy atom. The summed E-state index contributed by atoms with van der Waals surface area (Å²) in [4.78, 5) is 50.6. The van der Waals surface area contributed by atoms with Gasteiger partial charge in [-0.2, -0.15) is 4.31 Å². The number of nitrogens with one attached hydrogen (secondary N) is 1. The van der Waals surface area contributed by atoms with Crippen molar-refractivity contribution in [1.82, 2.24) is 9.55 Å². The summed E-state index contributed by atoms with van der Waals surface area (Å²) in [6.07, 6.45) is -5.05. The predicted octanol–water partition coefficient (Wildman–Crippen LogP) is -1.07. The van der Waals surface area contributed by atoms with Crippen LogP contribution < -0.4 is 11.2 Å². The van der Waals surface area contributed by atoms with Crippen LogP contribution in [0, 0.1) is 0 Å². The Bertz CT molecular complexity index is 881. The molecular formula is C9H12ClFN2O11P2. The second-order valence-electron chi connectivity index (χ2n) is 5.00. The molecule has 5 atom stereocenters. The Kier molecular flexibility index (Phi) is 5.96. The van der Waals surface area contributed by atoms with Crippen LogP contribution in [-0.4, -0.2) is 53.3 Å². The van der Waals surface area contributed by atoms with Gasteiger partial charge < -0.3 is 24.5 Å². The van der Waals surface area contributed by atoms with Crippen LogP contribution in [0.3, 0.4) is 0 Å². The third kappa shape index (κ3) is 4.87. The van der Waals surface area contributed by atoms with Crippen molar-refractivity contribution in [2.45, 2.75) is 23.6 Å². The van der Waals surface area contributed by atoms with E-state index in [0.29, 0.717) is 4.57 Å². The summed E-state index contributed by atoms with van der Waals surface area (Å²) < 4.78 is 49.7. The molecule has 0 spiro atoms. The number of alkyl halides is 2. The number of aliphatic hydroxyl groups excluding tert-OH is 1. The molecule has 26 heavy (non-hydrogen) atoms. The van der Waals surface area contributed by atoms with Crippen molar-refractivity contribution >= 4 is 27.2 Å². The molecule has 0 saturated carbocycles. The fraction of sp³-hybridized carbons (Fsp3) is 0.556. The second kappa shape index (κ2) is 7.24. The highest BCUT2D eigenvalue weighted by atomic mass is 35.5. The van der Waals surface area contributed by atoms with E-state index >= 15 is 0 Å². The largest absolute Gasteiger partial charge is 0.481 e. The van der Waals surface area contributed by atoms with Gasteiger partial charge in [-0.25, -0.2) is 18.3 Å². The average molecular weight is 441 g/mol. The van der Waals surface area contributed by atoms with Gasteiger partial charge in [0.2, 0.25) is 0 Å². The molecule has 17 heteroatoms. The van der Waals surface area contributed by atoms with Gasteiger partial charge >= 0.3 is 21.3 Å². The van der Waals surface area contributed by atoms with Crippen LogP contribution in [0.4, 0.5) is 4.39 Å². The smallest absolute Gasteiger partial charge is 0.385 e. The van der Waals surface area contributed by atoms with Gasteiger partial charge in [-0.15, -0.1) is 0 Å². The number of aromatic nitrogens is 2. The normalized spacial score (nSPS) is 31.7. The number of hydrogen-bond donors (Lipinski definition) is 5. The van der Waals surface area contributed by atoms with E-state index in [2.05, 4.69) is 8.83 Å². The molecule has 0 bridgehead atoms. The van der Waals surface area contributed by atoms with Gasteiger partial charge in [-0.3, -0.25) is 18.9 Å². The van der Waals surface area contributed by atoms with E-state index in [0.717, 1.165) is 12.3 Å². The van der Waals surface area contributed by atoms with Gasteiger partial charge in [0.05, 0.1) is 6.61 Å². The number of hydrogen-bond acceptors (Lipinski definition) is 8. The third-order valence-corrected chi connectivity index (χ3v) is 5.66. The van der Waals surface area contributed by atoms with Gasteiger partial charge in [0, 0.05) is 12.3 Å². The summed E-state index contributed by atoms with van der Waals surface area (Å²) >= 11 is 5.55. The van der Waals surface area contributed by atoms with Gasteiger partial charge in [0.15, 0.2) is 6.23 Å². The predicted molar refractivity (Wildman–Crippen MR) is 79.8 cm³/mol. The molecular weight excluding hydrogens is 429 g/mol. The number of rotatable bonds is 6. The molecule has 2 rings (SSSR count). The van der Waals surface area contributed by atoms with Crippen molar-refractivity contribution in [3.8, 4) is 0 Å². The van der Waals surface area contributed by atoms with Gasteiger partial charge in [0.25, 0.3) is 10.7 Å². The van der Waals surface area contributed by atoms with Crippen molar-refractivity contribution in [2.75, 3.05) is 6.61 Å². The summed E-state index contributed by atoms with van der Waals surface area (Å²) in [5.74, 6) is 0. The van der Waals surface area contributed by atoms with E-state index in [1.165, 1.54) is 0 Å². The third-order valence-electron chi connectivity index (χ3n) is 3.09. The molecule has 1 aliphatic rings. The highest BCUT2D eigenvalue weighted by Gasteiger charge is 2.58. The number of ether oxygens (including phenoxy) is 1. The SMILES string of the molecule is O=c1ccn(C2O[C@H](COP(=O)(O)OP(=O)(O)O)[C@@H](O)[C@]2(F)Cl)c(=O)[nH]1. The molecule has 5 N–H and O–H groups in total. The highest BCUT2D eigenvalue weighted by molar-refractivity contribution is 7.60. The quantitative estimate of drug-likeness (QED) is 0.266. The lowest BCUT2D eigenvalue weighted by atomic mass is 10.1. The van der Waals surface area contributed by atoms with E-state index in [4.69, 9.17) is 31.0 Å². The maximum atomic E-state index is 14.6. The van der Waals surface area contributed by atoms with Gasteiger partial charge in [-0.1, -0.05) is 11.6 Å². The Morgan fingerprint density at radius 3 is 2.54 bits per heavy atom. The topological polar surface area (TPSA) is 198 Å². The lowest BCUT2D eigenvalue weighted by molar-refractivity contribution is -0.0509. The standard InChI is InChI=1S/C9H12ClFN2O11P2/c10-9(11)6(15)4(3-22-26(20,21)24-25(17,18)19)23-7(9)13-2-1-5(14)12-8(13)16/h1-2,4,6-7,15H,3H2,(H,20,21)(H,12,14,16)(H2,17,18,19)/t4-,6-,7?,9-/m1/s1. The Morgan fingerprint density at radius 1 is 1.38 bits per heavy atom. The molecule has 148 valence electrons. The minimum atomic E-state index is -5.38. The zero-order valence-electron chi connectivity index (χ0n) is 12.3. The molecule has 1 aliphatic heterocycles. The minimum absolute atomic E-state index is 0.516. The van der Waals surface area contributed by atoms with Crippen LogP contribution in [0.1, 0.15) is 6.23 Å². The lowest BCUT2D eigenvalue weighted by Gasteiger charge is -2.22. The van der Waals surface area contributed by atoms with E-state index in [1.807, 2.05) is 4.98 Å². The number of aromatic amines is 1. The maximum absolute atomic E-state index is 14.6. The minimum Gasteiger partial charge on any atom is -0.385 e. The van der Waals surface area contributed by atoms with Gasteiger partial charge in [-0.05, 0) is 0 Å². The van der Waals surface area contributed by atoms with Crippen LogP contribution in [0.2, 0.25) is 0 Å². The first-order chi connectivity index (χ1) is 11.7. The van der Waals surface area contributed by atoms with E-state index in [1.54, 1.807) is 0 Å². The van der Waals surface area contributed by atoms with Crippen molar-refractivity contribution in [3.63, 3.8) is 0 Å². The van der Waals surface area contributed by atoms with Crippen molar-refractivity contribution in [2.24, 2.45) is 0 Å². The Labute approximate surface area is 147 Å². The van der Waals surface area contributed by atoms with E-state index in [-0.39, 0.29) is 0 Å². The van der Waals surface area contributed by atoms with Crippen molar-refractivity contribution < 1.29 is 46.9 Å². The fourth-order valence-corrected chi connectivity index (χ4v) is 3.94. The zero-order valence-corrected chi connectivity index (χ0v) is 14.9. The number of phosphoric acid groups is 2. The molecule has 0 aromatic carbocycles. The molecule has 0 aliphatic carbocycles. The lowest BCUT2D eigenvalue weighted by Crippen LogP contribution is -2.42. The first kappa shape index (κ1) is 21.4. The molecule has 2 unspecified atom stereocenters. The van der Waals surface area contributed by atoms with Crippen molar-refractivity contribution in [3.05, 3.63) is 33.1 Å². The zero-order chi connectivity index (χ0) is 19.9. The number of H-pyrrole nitrogens is 1. The summed E-state index contributed by atoms with van der Waals surface area (Å²) in [7, 11) is -10.7. The first-order valence-corrected chi connectivity index (χ1v) is 9.90. The highest BCUT2D eigenvalue weighted by Crippen LogP contribution is 2.58. The molecule has 1 aromatic heterocycles. The summed E-state index contributed by atoms with van der Waals surface area (Å²) in [6, 6.07) is 0.851. The number of halogens is 2. The summed E-state index contributed by atoms with van der Waals surface area (Å²) in [5, 5.41) is 6.75. The maximum Gasteiger partial charge on any atom is 0.481 e. The number of aliphatic hydroxyl groups is 1. The van der Waals surface area contributed by atoms with Crippen LogP contribution >= 0.6 is 27.2 Å². The summed E-state index contributed by atoms with van der Waals surface area (Å²) in [5.41, 5.74) is -1.91. The molecule has 2 heterocycles. The van der Waals surface area contributed by atoms with Crippen molar-refractivity contribution in [1.29, 1.82) is 0 Å².